The van der Waals surface area contributed by atoms with Crippen molar-refractivity contribution in [1.82, 2.24) is 4.90 Å². The van der Waals surface area contributed by atoms with E-state index in [1.165, 1.54) is 18.4 Å². The molecular formula is C22H33NO3. The predicted molar refractivity (Wildman–Crippen MR) is 103 cm³/mol. The zero-order valence-electron chi connectivity index (χ0n) is 16.2. The van der Waals surface area contributed by atoms with E-state index >= 15 is 0 Å². The summed E-state index contributed by atoms with van der Waals surface area (Å²) < 4.78 is 12.3. The van der Waals surface area contributed by atoms with Crippen LogP contribution in [-0.4, -0.2) is 48.5 Å². The molecule has 1 aliphatic heterocycles. The lowest BCUT2D eigenvalue weighted by Gasteiger charge is -2.43. The highest BCUT2D eigenvalue weighted by Crippen LogP contribution is 2.50. The van der Waals surface area contributed by atoms with Gasteiger partial charge in [0.25, 0.3) is 0 Å². The Balaban J connectivity index is 1.67. The third-order valence-corrected chi connectivity index (χ3v) is 6.91. The van der Waals surface area contributed by atoms with Gasteiger partial charge in [-0.25, -0.2) is 0 Å². The van der Waals surface area contributed by atoms with E-state index in [9.17, 15) is 5.11 Å². The maximum atomic E-state index is 10.2. The highest BCUT2D eigenvalue weighted by molar-refractivity contribution is 5.47. The molecule has 1 aromatic carbocycles. The van der Waals surface area contributed by atoms with E-state index in [0.717, 1.165) is 56.6 Å². The fourth-order valence-corrected chi connectivity index (χ4v) is 5.47. The van der Waals surface area contributed by atoms with Crippen molar-refractivity contribution >= 4 is 0 Å². The van der Waals surface area contributed by atoms with Crippen molar-refractivity contribution in [2.75, 3.05) is 20.2 Å². The molecule has 3 fully saturated rings. The van der Waals surface area contributed by atoms with E-state index in [1.807, 2.05) is 6.92 Å². The van der Waals surface area contributed by atoms with Gasteiger partial charge >= 0.3 is 0 Å². The summed E-state index contributed by atoms with van der Waals surface area (Å²) in [6.45, 7) is 3.78. The highest BCUT2D eigenvalue weighted by Gasteiger charge is 2.50. The second-order valence-corrected chi connectivity index (χ2v) is 8.45. The van der Waals surface area contributed by atoms with Gasteiger partial charge in [-0.05, 0) is 89.6 Å². The number of nitrogens with zero attached hydrogens (tertiary/aromatic N) is 1. The van der Waals surface area contributed by atoms with Crippen molar-refractivity contribution in [2.45, 2.75) is 82.0 Å². The highest BCUT2D eigenvalue weighted by atomic mass is 16.5. The Hall–Kier alpha value is -1.26. The van der Waals surface area contributed by atoms with Gasteiger partial charge in [-0.3, -0.25) is 0 Å². The third kappa shape index (κ3) is 3.22. The van der Waals surface area contributed by atoms with Crippen molar-refractivity contribution in [1.29, 1.82) is 0 Å². The number of ether oxygens (including phenoxy) is 2. The van der Waals surface area contributed by atoms with Crippen molar-refractivity contribution in [2.24, 2.45) is 0 Å². The number of rotatable bonds is 5. The van der Waals surface area contributed by atoms with Crippen LogP contribution >= 0.6 is 0 Å². The molecule has 0 spiro atoms. The lowest BCUT2D eigenvalue weighted by atomic mass is 9.65. The van der Waals surface area contributed by atoms with E-state index in [4.69, 9.17) is 9.47 Å². The Bertz CT molecular complexity index is 628. The van der Waals surface area contributed by atoms with Crippen molar-refractivity contribution in [3.8, 4) is 11.5 Å². The fraction of sp³-hybridized carbons (Fsp3) is 0.727. The van der Waals surface area contributed by atoms with Gasteiger partial charge < -0.3 is 19.5 Å². The first kappa shape index (κ1) is 18.1. The van der Waals surface area contributed by atoms with E-state index in [1.54, 1.807) is 0 Å². The van der Waals surface area contributed by atoms with Crippen LogP contribution in [0.2, 0.25) is 0 Å². The normalized spacial score (nSPS) is 32.6. The molecule has 1 heterocycles. The molecule has 144 valence electrons. The number of benzene rings is 1. The average Bonchev–Trinajstić information content (AvgIpc) is 3.26. The van der Waals surface area contributed by atoms with Gasteiger partial charge in [0.05, 0.1) is 18.8 Å². The summed E-state index contributed by atoms with van der Waals surface area (Å²) in [7, 11) is 2.20. The number of likely N-dealkylation sites (N-methyl/N-ethyl adjacent to an activating group) is 1. The van der Waals surface area contributed by atoms with Gasteiger partial charge in [-0.15, -0.1) is 0 Å². The van der Waals surface area contributed by atoms with Gasteiger partial charge in [-0.2, -0.15) is 0 Å². The van der Waals surface area contributed by atoms with Crippen molar-refractivity contribution < 1.29 is 14.6 Å². The SMILES string of the molecule is CCOc1ccc([C@@]23CC[C@H](O)CC2N(C)CC3)cc1OC1CCCC1. The number of hydrogen-bond acceptors (Lipinski definition) is 4. The molecule has 26 heavy (non-hydrogen) atoms. The molecule has 1 saturated heterocycles. The first-order valence-corrected chi connectivity index (χ1v) is 10.4. The standard InChI is InChI=1S/C22H33NO3/c1-3-25-19-9-8-16(14-20(19)26-18-6-4-5-7-18)22-11-10-17(24)15-21(22)23(2)13-12-22/h8-9,14,17-18,21,24H,3-7,10-13,15H2,1-2H3/t17-,21?,22-/m0/s1. The van der Waals surface area contributed by atoms with E-state index in [2.05, 4.69) is 30.1 Å². The maximum Gasteiger partial charge on any atom is 0.161 e. The second kappa shape index (κ2) is 7.40. The molecule has 1 aromatic rings. The molecule has 3 atom stereocenters. The Morgan fingerprint density at radius 1 is 1.15 bits per heavy atom. The van der Waals surface area contributed by atoms with Crippen LogP contribution in [0.5, 0.6) is 11.5 Å². The topological polar surface area (TPSA) is 41.9 Å². The van der Waals surface area contributed by atoms with Crippen LogP contribution in [0.4, 0.5) is 0 Å². The third-order valence-electron chi connectivity index (χ3n) is 6.91. The van der Waals surface area contributed by atoms with Crippen LogP contribution in [0.15, 0.2) is 18.2 Å². The number of hydrogen-bond donors (Lipinski definition) is 1. The second-order valence-electron chi connectivity index (χ2n) is 8.45. The molecular weight excluding hydrogens is 326 g/mol. The van der Waals surface area contributed by atoms with Crippen LogP contribution in [0.3, 0.4) is 0 Å². The van der Waals surface area contributed by atoms with Crippen molar-refractivity contribution in [3.63, 3.8) is 0 Å². The molecule has 0 radical (unpaired) electrons. The molecule has 0 bridgehead atoms. The summed E-state index contributed by atoms with van der Waals surface area (Å²) in [5.41, 5.74) is 1.52. The molecule has 4 rings (SSSR count). The van der Waals surface area contributed by atoms with Gasteiger partial charge in [0.2, 0.25) is 0 Å². The van der Waals surface area contributed by atoms with E-state index < -0.39 is 0 Å². The van der Waals surface area contributed by atoms with Crippen LogP contribution in [0.25, 0.3) is 0 Å². The maximum absolute atomic E-state index is 10.2. The number of aliphatic hydroxyl groups is 1. The molecule has 2 saturated carbocycles. The van der Waals surface area contributed by atoms with Gasteiger partial charge in [0.1, 0.15) is 0 Å². The summed E-state index contributed by atoms with van der Waals surface area (Å²) in [5.74, 6) is 1.79. The van der Waals surface area contributed by atoms with Crippen LogP contribution < -0.4 is 9.47 Å². The first-order valence-electron chi connectivity index (χ1n) is 10.4. The molecule has 1 N–H and O–H groups in total. The summed E-state index contributed by atoms with van der Waals surface area (Å²) in [6, 6.07) is 7.03. The average molecular weight is 360 g/mol. The zero-order chi connectivity index (χ0) is 18.1. The number of fused-ring (bicyclic) bond motifs is 1. The van der Waals surface area contributed by atoms with Crippen LogP contribution in [0, 0.1) is 0 Å². The van der Waals surface area contributed by atoms with Crippen LogP contribution in [0.1, 0.15) is 63.9 Å². The summed E-state index contributed by atoms with van der Waals surface area (Å²) in [5, 5.41) is 10.2. The summed E-state index contributed by atoms with van der Waals surface area (Å²) in [6.07, 6.45) is 9.00. The number of likely N-dealkylation sites (tertiary alicyclic amines) is 1. The molecule has 0 aromatic heterocycles. The molecule has 3 aliphatic rings. The largest absolute Gasteiger partial charge is 0.490 e. The van der Waals surface area contributed by atoms with Gasteiger partial charge in [0, 0.05) is 11.5 Å². The quantitative estimate of drug-likeness (QED) is 0.866. The van der Waals surface area contributed by atoms with E-state index in [-0.39, 0.29) is 11.5 Å². The Kier molecular flexibility index (Phi) is 5.15. The van der Waals surface area contributed by atoms with Crippen LogP contribution in [-0.2, 0) is 5.41 Å². The molecule has 4 heteroatoms. The zero-order valence-corrected chi connectivity index (χ0v) is 16.2. The number of aliphatic hydroxyl groups excluding tert-OH is 1. The fourth-order valence-electron chi connectivity index (χ4n) is 5.47. The first-order chi connectivity index (χ1) is 12.6. The minimum absolute atomic E-state index is 0.145. The molecule has 2 aliphatic carbocycles. The van der Waals surface area contributed by atoms with E-state index in [0.29, 0.717) is 18.8 Å². The Labute approximate surface area is 157 Å². The monoisotopic (exact) mass is 359 g/mol. The lowest BCUT2D eigenvalue weighted by molar-refractivity contribution is 0.0565. The Morgan fingerprint density at radius 3 is 2.73 bits per heavy atom. The van der Waals surface area contributed by atoms with Gasteiger partial charge in [0.15, 0.2) is 11.5 Å². The predicted octanol–water partition coefficient (Wildman–Crippen LogP) is 3.89. The molecule has 4 nitrogen and oxygen atoms in total. The minimum atomic E-state index is -0.161. The van der Waals surface area contributed by atoms with Gasteiger partial charge in [-0.1, -0.05) is 6.07 Å². The lowest BCUT2D eigenvalue weighted by Crippen LogP contribution is -2.47. The molecule has 0 amide bonds. The summed E-state index contributed by atoms with van der Waals surface area (Å²) >= 11 is 0. The van der Waals surface area contributed by atoms with Crippen molar-refractivity contribution in [3.05, 3.63) is 23.8 Å². The molecule has 1 unspecified atom stereocenters. The summed E-state index contributed by atoms with van der Waals surface area (Å²) in [4.78, 5) is 2.44. The minimum Gasteiger partial charge on any atom is -0.490 e. The Morgan fingerprint density at radius 2 is 1.96 bits per heavy atom. The smallest absolute Gasteiger partial charge is 0.161 e.